The second-order valence-corrected chi connectivity index (χ2v) is 6.19. The number of thiophene rings is 1. The minimum absolute atomic E-state index is 0.0352. The van der Waals surface area contributed by atoms with Crippen LogP contribution in [-0.4, -0.2) is 17.9 Å². The number of nitrogens with two attached hydrogens (primary N) is 1. The molecular weight excluding hydrogens is 324 g/mol. The Morgan fingerprint density at radius 2 is 2.16 bits per heavy atom. The molecule has 3 nitrogen and oxygen atoms in total. The minimum atomic E-state index is -0.0352. The lowest BCUT2D eigenvalue weighted by molar-refractivity contribution is 0.0785. The summed E-state index contributed by atoms with van der Waals surface area (Å²) in [7, 11) is 1.80. The third kappa shape index (κ3) is 2.98. The number of benzene rings is 1. The summed E-state index contributed by atoms with van der Waals surface area (Å²) in [5.41, 5.74) is 8.19. The molecule has 0 bridgehead atoms. The third-order valence-electron chi connectivity index (χ3n) is 2.95. The summed E-state index contributed by atoms with van der Waals surface area (Å²) in [6.07, 6.45) is 0. The van der Waals surface area contributed by atoms with E-state index in [1.165, 1.54) is 10.4 Å². The van der Waals surface area contributed by atoms with Crippen LogP contribution >= 0.6 is 27.3 Å². The van der Waals surface area contributed by atoms with Gasteiger partial charge in [0.05, 0.1) is 16.6 Å². The first kappa shape index (κ1) is 14.1. The summed E-state index contributed by atoms with van der Waals surface area (Å²) in [5.74, 6) is -0.0352. The molecule has 2 N–H and O–H groups in total. The molecule has 19 heavy (non-hydrogen) atoms. The molecule has 1 heterocycles. The van der Waals surface area contributed by atoms with Crippen molar-refractivity contribution in [1.82, 2.24) is 4.90 Å². The van der Waals surface area contributed by atoms with Gasteiger partial charge in [0.25, 0.3) is 5.91 Å². The van der Waals surface area contributed by atoms with Crippen LogP contribution < -0.4 is 5.73 Å². The second kappa shape index (κ2) is 5.75. The highest BCUT2D eigenvalue weighted by atomic mass is 79.9. The Labute approximate surface area is 125 Å². The number of hydrogen-bond donors (Lipinski definition) is 1. The maximum Gasteiger partial charge on any atom is 0.255 e. The van der Waals surface area contributed by atoms with E-state index in [2.05, 4.69) is 28.9 Å². The van der Waals surface area contributed by atoms with E-state index in [9.17, 15) is 4.79 Å². The van der Waals surface area contributed by atoms with Gasteiger partial charge in [-0.1, -0.05) is 6.07 Å². The fourth-order valence-corrected chi connectivity index (χ4v) is 3.17. The number of halogens is 1. The van der Waals surface area contributed by atoms with Crippen LogP contribution in [0.1, 0.15) is 20.8 Å². The van der Waals surface area contributed by atoms with Gasteiger partial charge in [0.1, 0.15) is 0 Å². The Morgan fingerprint density at radius 1 is 1.42 bits per heavy atom. The van der Waals surface area contributed by atoms with E-state index in [0.29, 0.717) is 22.3 Å². The number of nitrogens with zero attached hydrogens (tertiary/aromatic N) is 1. The van der Waals surface area contributed by atoms with Gasteiger partial charge in [0.15, 0.2) is 0 Å². The molecule has 2 aromatic rings. The highest BCUT2D eigenvalue weighted by Crippen LogP contribution is 2.25. The van der Waals surface area contributed by atoms with Gasteiger partial charge >= 0.3 is 0 Å². The van der Waals surface area contributed by atoms with E-state index in [-0.39, 0.29) is 5.91 Å². The van der Waals surface area contributed by atoms with E-state index in [0.717, 1.165) is 0 Å². The van der Waals surface area contributed by atoms with Crippen LogP contribution in [0, 0.1) is 6.92 Å². The smallest absolute Gasteiger partial charge is 0.255 e. The standard InChI is InChI=1S/C14H15BrN2OS/c1-9-6-7-19-12(9)8-17(2)14(18)10-4-3-5-11(16)13(10)15/h3-7H,8,16H2,1-2H3. The molecule has 0 saturated carbocycles. The van der Waals surface area contributed by atoms with E-state index in [1.807, 2.05) is 5.38 Å². The number of anilines is 1. The first-order chi connectivity index (χ1) is 9.00. The molecule has 0 atom stereocenters. The summed E-state index contributed by atoms with van der Waals surface area (Å²) in [4.78, 5) is 15.3. The minimum Gasteiger partial charge on any atom is -0.398 e. The molecule has 0 aliphatic heterocycles. The van der Waals surface area contributed by atoms with Gasteiger partial charge in [-0.3, -0.25) is 4.79 Å². The predicted octanol–water partition coefficient (Wildman–Crippen LogP) is 3.67. The van der Waals surface area contributed by atoms with Crippen molar-refractivity contribution in [3.05, 3.63) is 50.1 Å². The monoisotopic (exact) mass is 338 g/mol. The number of carbonyl (C=O) groups excluding carboxylic acids is 1. The fraction of sp³-hybridized carbons (Fsp3) is 0.214. The van der Waals surface area contributed by atoms with Crippen LogP contribution in [0.4, 0.5) is 5.69 Å². The summed E-state index contributed by atoms with van der Waals surface area (Å²) >= 11 is 5.04. The molecule has 0 fully saturated rings. The zero-order chi connectivity index (χ0) is 14.0. The Morgan fingerprint density at radius 3 is 2.79 bits per heavy atom. The maximum atomic E-state index is 12.4. The van der Waals surface area contributed by atoms with Gasteiger partial charge in [-0.25, -0.2) is 0 Å². The number of amides is 1. The molecule has 1 amide bonds. The SMILES string of the molecule is Cc1ccsc1CN(C)C(=O)c1cccc(N)c1Br. The number of rotatable bonds is 3. The first-order valence-electron chi connectivity index (χ1n) is 5.83. The van der Waals surface area contributed by atoms with Crippen LogP contribution in [0.15, 0.2) is 34.1 Å². The molecule has 0 spiro atoms. The van der Waals surface area contributed by atoms with Gasteiger partial charge in [-0.05, 0) is 52.0 Å². The lowest BCUT2D eigenvalue weighted by atomic mass is 10.1. The van der Waals surface area contributed by atoms with Crippen LogP contribution in [0.2, 0.25) is 0 Å². The quantitative estimate of drug-likeness (QED) is 0.868. The highest BCUT2D eigenvalue weighted by molar-refractivity contribution is 9.10. The molecule has 0 unspecified atom stereocenters. The number of carbonyl (C=O) groups is 1. The Balaban J connectivity index is 2.20. The molecule has 0 radical (unpaired) electrons. The first-order valence-corrected chi connectivity index (χ1v) is 7.50. The Bertz CT molecular complexity index is 609. The van der Waals surface area contributed by atoms with Crippen molar-refractivity contribution in [3.8, 4) is 0 Å². The van der Waals surface area contributed by atoms with Crippen molar-refractivity contribution in [2.45, 2.75) is 13.5 Å². The fourth-order valence-electron chi connectivity index (χ4n) is 1.77. The van der Waals surface area contributed by atoms with Crippen molar-refractivity contribution in [1.29, 1.82) is 0 Å². The zero-order valence-electron chi connectivity index (χ0n) is 10.8. The van der Waals surface area contributed by atoms with Crippen molar-refractivity contribution in [2.75, 3.05) is 12.8 Å². The van der Waals surface area contributed by atoms with Gasteiger partial charge in [0, 0.05) is 17.6 Å². The van der Waals surface area contributed by atoms with Crippen LogP contribution in [0.5, 0.6) is 0 Å². The molecule has 100 valence electrons. The van der Waals surface area contributed by atoms with Gasteiger partial charge in [-0.2, -0.15) is 0 Å². The molecular formula is C14H15BrN2OS. The molecule has 0 saturated heterocycles. The van der Waals surface area contributed by atoms with Crippen molar-refractivity contribution >= 4 is 38.9 Å². The Hall–Kier alpha value is -1.33. The third-order valence-corrected chi connectivity index (χ3v) is 4.85. The Kier molecular flexibility index (Phi) is 4.27. The molecule has 1 aromatic carbocycles. The summed E-state index contributed by atoms with van der Waals surface area (Å²) < 4.78 is 0.662. The average molecular weight is 339 g/mol. The number of aryl methyl sites for hydroxylation is 1. The summed E-state index contributed by atoms with van der Waals surface area (Å²) in [6, 6.07) is 7.40. The van der Waals surface area contributed by atoms with E-state index in [1.54, 1.807) is 41.5 Å². The second-order valence-electron chi connectivity index (χ2n) is 4.40. The summed E-state index contributed by atoms with van der Waals surface area (Å²) in [6.45, 7) is 2.67. The number of nitrogen functional groups attached to an aromatic ring is 1. The lowest BCUT2D eigenvalue weighted by Crippen LogP contribution is -2.26. The topological polar surface area (TPSA) is 46.3 Å². The van der Waals surface area contributed by atoms with Gasteiger partial charge in [-0.15, -0.1) is 11.3 Å². The van der Waals surface area contributed by atoms with Crippen molar-refractivity contribution < 1.29 is 4.79 Å². The van der Waals surface area contributed by atoms with Crippen LogP contribution in [-0.2, 0) is 6.54 Å². The average Bonchev–Trinajstić information content (AvgIpc) is 2.77. The molecule has 5 heteroatoms. The molecule has 1 aromatic heterocycles. The van der Waals surface area contributed by atoms with Crippen molar-refractivity contribution in [3.63, 3.8) is 0 Å². The number of hydrogen-bond acceptors (Lipinski definition) is 3. The van der Waals surface area contributed by atoms with Gasteiger partial charge < -0.3 is 10.6 Å². The zero-order valence-corrected chi connectivity index (χ0v) is 13.2. The maximum absolute atomic E-state index is 12.4. The van der Waals surface area contributed by atoms with E-state index >= 15 is 0 Å². The van der Waals surface area contributed by atoms with Crippen molar-refractivity contribution in [2.24, 2.45) is 0 Å². The lowest BCUT2D eigenvalue weighted by Gasteiger charge is -2.18. The van der Waals surface area contributed by atoms with E-state index in [4.69, 9.17) is 5.73 Å². The normalized spacial score (nSPS) is 10.5. The highest BCUT2D eigenvalue weighted by Gasteiger charge is 2.17. The molecule has 2 rings (SSSR count). The van der Waals surface area contributed by atoms with E-state index < -0.39 is 0 Å². The predicted molar refractivity (Wildman–Crippen MR) is 83.4 cm³/mol. The largest absolute Gasteiger partial charge is 0.398 e. The van der Waals surface area contributed by atoms with Crippen LogP contribution in [0.3, 0.4) is 0 Å². The summed E-state index contributed by atoms with van der Waals surface area (Å²) in [5, 5.41) is 2.04. The molecule has 0 aliphatic carbocycles. The van der Waals surface area contributed by atoms with Crippen LogP contribution in [0.25, 0.3) is 0 Å². The molecule has 0 aliphatic rings. The van der Waals surface area contributed by atoms with Gasteiger partial charge in [0.2, 0.25) is 0 Å².